The van der Waals surface area contributed by atoms with Crippen LogP contribution in [0.2, 0.25) is 0 Å². The fourth-order valence-electron chi connectivity index (χ4n) is 2.51. The molecule has 1 amide bonds. The first-order valence-electron chi connectivity index (χ1n) is 6.80. The Hall–Kier alpha value is -2.41. The molecule has 0 fully saturated rings. The quantitative estimate of drug-likeness (QED) is 0.816. The van der Waals surface area contributed by atoms with E-state index >= 15 is 0 Å². The van der Waals surface area contributed by atoms with Crippen LogP contribution in [-0.4, -0.2) is 34.1 Å². The molecule has 0 saturated carbocycles. The van der Waals surface area contributed by atoms with Crippen molar-refractivity contribution in [2.45, 2.75) is 19.9 Å². The summed E-state index contributed by atoms with van der Waals surface area (Å²) in [5.41, 5.74) is 9.16. The third-order valence-electron chi connectivity index (χ3n) is 3.53. The number of nitrogens with one attached hydrogen (secondary N) is 1. The molecule has 1 aromatic carbocycles. The molecule has 0 aliphatic carbocycles. The summed E-state index contributed by atoms with van der Waals surface area (Å²) in [5, 5.41) is 10.0. The number of benzene rings is 1. The highest BCUT2D eigenvalue weighted by molar-refractivity contribution is 5.90. The van der Waals surface area contributed by atoms with Gasteiger partial charge in [0.05, 0.1) is 6.54 Å². The lowest BCUT2D eigenvalue weighted by Gasteiger charge is -2.28. The molecule has 0 saturated heterocycles. The molecule has 0 atom stereocenters. The van der Waals surface area contributed by atoms with Crippen LogP contribution in [0.4, 0.5) is 11.7 Å². The van der Waals surface area contributed by atoms with Gasteiger partial charge in [-0.1, -0.05) is 17.2 Å². The summed E-state index contributed by atoms with van der Waals surface area (Å²) in [6, 6.07) is 6.08. The second-order valence-electron chi connectivity index (χ2n) is 5.12. The number of aryl methyl sites for hydroxylation is 1. The number of carbonyl (C=O) groups is 1. The van der Waals surface area contributed by atoms with Gasteiger partial charge in [0, 0.05) is 25.7 Å². The van der Waals surface area contributed by atoms with Gasteiger partial charge in [0.15, 0.2) is 0 Å². The third kappa shape index (κ3) is 3.03. The Morgan fingerprint density at radius 2 is 2.33 bits per heavy atom. The molecule has 0 unspecified atom stereocenters. The molecule has 2 heterocycles. The van der Waals surface area contributed by atoms with Crippen LogP contribution in [0.25, 0.3) is 0 Å². The predicted molar refractivity (Wildman–Crippen MR) is 77.5 cm³/mol. The summed E-state index contributed by atoms with van der Waals surface area (Å²) in [6.07, 6.45) is 0.896. The summed E-state index contributed by atoms with van der Waals surface area (Å²) in [6.45, 7) is 3.45. The maximum Gasteiger partial charge on any atom is 0.322 e. The summed E-state index contributed by atoms with van der Waals surface area (Å²) in [7, 11) is 0. The van der Waals surface area contributed by atoms with Gasteiger partial charge >= 0.3 is 6.01 Å². The molecule has 3 rings (SSSR count). The van der Waals surface area contributed by atoms with Crippen LogP contribution in [-0.2, 0) is 17.8 Å². The van der Waals surface area contributed by atoms with Crippen LogP contribution in [0.1, 0.15) is 17.0 Å². The number of hydrogen-bond acceptors (Lipinski definition) is 6. The average Bonchev–Trinajstić information content (AvgIpc) is 2.85. The third-order valence-corrected chi connectivity index (χ3v) is 3.53. The van der Waals surface area contributed by atoms with Crippen molar-refractivity contribution in [2.75, 3.05) is 24.1 Å². The van der Waals surface area contributed by atoms with Crippen molar-refractivity contribution in [2.24, 2.45) is 0 Å². The molecule has 7 heteroatoms. The van der Waals surface area contributed by atoms with E-state index in [1.165, 1.54) is 5.56 Å². The van der Waals surface area contributed by atoms with Crippen molar-refractivity contribution in [3.8, 4) is 0 Å². The molecule has 3 N–H and O–H groups in total. The number of carbonyl (C=O) groups excluding carboxylic acids is 1. The number of aromatic nitrogens is 2. The highest BCUT2D eigenvalue weighted by Crippen LogP contribution is 2.23. The van der Waals surface area contributed by atoms with Crippen LogP contribution >= 0.6 is 0 Å². The van der Waals surface area contributed by atoms with Gasteiger partial charge in [-0.05, 0) is 23.6 Å². The largest absolute Gasteiger partial charge is 0.408 e. The van der Waals surface area contributed by atoms with E-state index in [0.29, 0.717) is 12.4 Å². The van der Waals surface area contributed by atoms with Crippen molar-refractivity contribution in [1.29, 1.82) is 0 Å². The molecule has 0 spiro atoms. The lowest BCUT2D eigenvalue weighted by molar-refractivity contribution is -0.117. The first kappa shape index (κ1) is 13.6. The first-order chi connectivity index (χ1) is 10.1. The second kappa shape index (κ2) is 5.53. The van der Waals surface area contributed by atoms with Crippen LogP contribution in [0.5, 0.6) is 0 Å². The van der Waals surface area contributed by atoms with Crippen LogP contribution in [0, 0.1) is 6.92 Å². The molecule has 1 aromatic heterocycles. The van der Waals surface area contributed by atoms with E-state index in [0.717, 1.165) is 24.2 Å². The average molecular weight is 287 g/mol. The summed E-state index contributed by atoms with van der Waals surface area (Å²) in [5.74, 6) is 0.251. The standard InChI is InChI=1S/C14H17N5O2/c1-9-17-18-14(21-9)16-13(20)8-19-6-5-10-3-2-4-12(15)11(10)7-19/h2-4H,5-8,15H2,1H3,(H,16,18,20). The zero-order valence-electron chi connectivity index (χ0n) is 11.8. The van der Waals surface area contributed by atoms with Crippen molar-refractivity contribution in [1.82, 2.24) is 15.1 Å². The van der Waals surface area contributed by atoms with Crippen LogP contribution in [0.15, 0.2) is 22.6 Å². The Morgan fingerprint density at radius 1 is 1.48 bits per heavy atom. The van der Waals surface area contributed by atoms with E-state index in [9.17, 15) is 4.79 Å². The Morgan fingerprint density at radius 3 is 3.10 bits per heavy atom. The van der Waals surface area contributed by atoms with Crippen LogP contribution < -0.4 is 11.1 Å². The number of nitrogens with zero attached hydrogens (tertiary/aromatic N) is 3. The van der Waals surface area contributed by atoms with Crippen molar-refractivity contribution < 1.29 is 9.21 Å². The fourth-order valence-corrected chi connectivity index (χ4v) is 2.51. The molecule has 2 aromatic rings. The zero-order chi connectivity index (χ0) is 14.8. The highest BCUT2D eigenvalue weighted by atomic mass is 16.4. The summed E-state index contributed by atoms with van der Waals surface area (Å²) < 4.78 is 5.13. The molecule has 0 radical (unpaired) electrons. The molecule has 7 nitrogen and oxygen atoms in total. The smallest absolute Gasteiger partial charge is 0.322 e. The predicted octanol–water partition coefficient (Wildman–Crippen LogP) is 0.957. The van der Waals surface area contributed by atoms with Gasteiger partial charge in [0.1, 0.15) is 0 Å². The molecular weight excluding hydrogens is 270 g/mol. The SMILES string of the molecule is Cc1nnc(NC(=O)CN2CCc3cccc(N)c3C2)o1. The van der Waals surface area contributed by atoms with Crippen molar-refractivity contribution >= 4 is 17.6 Å². The van der Waals surface area contributed by atoms with Crippen molar-refractivity contribution in [3.63, 3.8) is 0 Å². The van der Waals surface area contributed by atoms with E-state index in [2.05, 4.69) is 26.5 Å². The lowest BCUT2D eigenvalue weighted by Crippen LogP contribution is -2.37. The minimum absolute atomic E-state index is 0.134. The molecule has 21 heavy (non-hydrogen) atoms. The summed E-state index contributed by atoms with van der Waals surface area (Å²) >= 11 is 0. The normalized spacial score (nSPS) is 14.7. The van der Waals surface area contributed by atoms with E-state index in [1.807, 2.05) is 12.1 Å². The van der Waals surface area contributed by atoms with E-state index in [4.69, 9.17) is 10.2 Å². The minimum atomic E-state index is -0.170. The van der Waals surface area contributed by atoms with E-state index in [-0.39, 0.29) is 18.5 Å². The number of anilines is 2. The molecular formula is C14H17N5O2. The van der Waals surface area contributed by atoms with E-state index < -0.39 is 0 Å². The van der Waals surface area contributed by atoms with Gasteiger partial charge in [-0.15, -0.1) is 5.10 Å². The molecule has 110 valence electrons. The van der Waals surface area contributed by atoms with Crippen LogP contribution in [0.3, 0.4) is 0 Å². The van der Waals surface area contributed by atoms with Gasteiger partial charge in [-0.3, -0.25) is 15.0 Å². The topological polar surface area (TPSA) is 97.3 Å². The van der Waals surface area contributed by atoms with Gasteiger partial charge < -0.3 is 10.2 Å². The first-order valence-corrected chi connectivity index (χ1v) is 6.80. The van der Waals surface area contributed by atoms with Gasteiger partial charge in [0.2, 0.25) is 11.8 Å². The Balaban J connectivity index is 1.62. The number of nitrogen functional groups attached to an aromatic ring is 1. The van der Waals surface area contributed by atoms with Gasteiger partial charge in [-0.25, -0.2) is 0 Å². The maximum atomic E-state index is 12.0. The van der Waals surface area contributed by atoms with Crippen molar-refractivity contribution in [3.05, 3.63) is 35.2 Å². The molecule has 0 bridgehead atoms. The number of nitrogens with two attached hydrogens (primary N) is 1. The number of hydrogen-bond donors (Lipinski definition) is 2. The monoisotopic (exact) mass is 287 g/mol. The van der Waals surface area contributed by atoms with Gasteiger partial charge in [-0.2, -0.15) is 0 Å². The Labute approximate surface area is 122 Å². The molecule has 1 aliphatic rings. The lowest BCUT2D eigenvalue weighted by atomic mass is 9.98. The molecule has 1 aliphatic heterocycles. The minimum Gasteiger partial charge on any atom is -0.408 e. The highest BCUT2D eigenvalue weighted by Gasteiger charge is 2.20. The Kier molecular flexibility index (Phi) is 3.57. The maximum absolute atomic E-state index is 12.0. The number of amides is 1. The fraction of sp³-hybridized carbons (Fsp3) is 0.357. The van der Waals surface area contributed by atoms with Gasteiger partial charge in [0.25, 0.3) is 0 Å². The second-order valence-corrected chi connectivity index (χ2v) is 5.12. The summed E-state index contributed by atoms with van der Waals surface area (Å²) in [4.78, 5) is 14.0. The number of fused-ring (bicyclic) bond motifs is 1. The van der Waals surface area contributed by atoms with E-state index in [1.54, 1.807) is 6.92 Å². The zero-order valence-corrected chi connectivity index (χ0v) is 11.8. The Bertz CT molecular complexity index is 667. The number of rotatable bonds is 3.